The van der Waals surface area contributed by atoms with Gasteiger partial charge in [-0.3, -0.25) is 0 Å². The first-order valence-corrected chi connectivity index (χ1v) is 8.94. The Balaban J connectivity index is 1.77. The van der Waals surface area contributed by atoms with Crippen LogP contribution in [0.3, 0.4) is 0 Å². The van der Waals surface area contributed by atoms with Crippen LogP contribution in [0.15, 0.2) is 29.4 Å². The van der Waals surface area contributed by atoms with Gasteiger partial charge in [0.05, 0.1) is 11.3 Å². The topological polar surface area (TPSA) is 38.7 Å². The quantitative estimate of drug-likeness (QED) is 0.442. The van der Waals surface area contributed by atoms with Crippen molar-refractivity contribution in [2.24, 2.45) is 21.9 Å². The summed E-state index contributed by atoms with van der Waals surface area (Å²) in [4.78, 5) is 17.4. The Labute approximate surface area is 140 Å². The van der Waals surface area contributed by atoms with Crippen molar-refractivity contribution in [2.75, 3.05) is 5.33 Å². The Morgan fingerprint density at radius 2 is 2.05 bits per heavy atom. The van der Waals surface area contributed by atoms with Gasteiger partial charge in [0.2, 0.25) is 0 Å². The van der Waals surface area contributed by atoms with Gasteiger partial charge in [-0.1, -0.05) is 52.6 Å². The second kappa shape index (κ2) is 5.48. The summed E-state index contributed by atoms with van der Waals surface area (Å²) in [5, 5.41) is 5.23. The second-order valence-electron chi connectivity index (χ2n) is 7.11. The molecule has 3 atom stereocenters. The average Bonchev–Trinajstić information content (AvgIpc) is 2.89. The molecule has 1 aromatic carbocycles. The Kier molecular flexibility index (Phi) is 3.92. The molecule has 0 amide bonds. The lowest BCUT2D eigenvalue weighted by atomic mass is 9.70. The van der Waals surface area contributed by atoms with Gasteiger partial charge in [-0.05, 0) is 49.7 Å². The summed E-state index contributed by atoms with van der Waals surface area (Å²) in [7, 11) is 0. The van der Waals surface area contributed by atoms with Crippen LogP contribution in [0.5, 0.6) is 0 Å². The fourth-order valence-electron chi connectivity index (χ4n) is 4.01. The number of alkyl halides is 1. The fraction of sp³-hybridized carbons (Fsp3) is 0.556. The van der Waals surface area contributed by atoms with Crippen molar-refractivity contribution >= 4 is 27.6 Å². The third kappa shape index (κ3) is 2.23. The van der Waals surface area contributed by atoms with Crippen LogP contribution in [0.25, 0.3) is 0 Å². The van der Waals surface area contributed by atoms with Crippen molar-refractivity contribution in [2.45, 2.75) is 40.0 Å². The molecule has 4 heteroatoms. The highest BCUT2D eigenvalue weighted by atomic mass is 79.9. The van der Waals surface area contributed by atoms with Crippen LogP contribution in [-0.2, 0) is 4.84 Å². The predicted octanol–water partition coefficient (Wildman–Crippen LogP) is 4.73. The number of oxime groups is 1. The molecule has 0 saturated heterocycles. The Bertz CT molecular complexity index is 624. The maximum atomic E-state index is 12.1. The molecule has 0 spiro atoms. The van der Waals surface area contributed by atoms with Crippen LogP contribution in [0.4, 0.5) is 0 Å². The van der Waals surface area contributed by atoms with E-state index in [4.69, 9.17) is 4.84 Å². The molecule has 0 aromatic heterocycles. The van der Waals surface area contributed by atoms with Crippen molar-refractivity contribution in [3.63, 3.8) is 0 Å². The van der Waals surface area contributed by atoms with Crippen LogP contribution >= 0.6 is 15.9 Å². The van der Waals surface area contributed by atoms with Gasteiger partial charge < -0.3 is 4.84 Å². The lowest BCUT2D eigenvalue weighted by Crippen LogP contribution is -2.36. The predicted molar refractivity (Wildman–Crippen MR) is 91.4 cm³/mol. The fourth-order valence-corrected chi connectivity index (χ4v) is 5.09. The minimum atomic E-state index is -0.376. The van der Waals surface area contributed by atoms with E-state index in [-0.39, 0.29) is 16.8 Å². The largest absolute Gasteiger partial charge is 0.365 e. The van der Waals surface area contributed by atoms with E-state index in [1.807, 2.05) is 19.1 Å². The minimum absolute atomic E-state index is 0.0364. The molecule has 2 saturated carbocycles. The van der Waals surface area contributed by atoms with E-state index < -0.39 is 0 Å². The highest BCUT2D eigenvalue weighted by molar-refractivity contribution is 9.09. The molecular formula is C18H22BrNO2. The zero-order valence-corrected chi connectivity index (χ0v) is 14.9. The summed E-state index contributed by atoms with van der Waals surface area (Å²) < 4.78 is 0. The Hall–Kier alpha value is -1.16. The van der Waals surface area contributed by atoms with E-state index in [9.17, 15) is 4.79 Å². The summed E-state index contributed by atoms with van der Waals surface area (Å²) in [6.07, 6.45) is 3.31. The summed E-state index contributed by atoms with van der Waals surface area (Å²) in [5.74, 6) is 0.258. The van der Waals surface area contributed by atoms with Crippen molar-refractivity contribution in [1.82, 2.24) is 0 Å². The number of hydrogen-bond acceptors (Lipinski definition) is 3. The first kappa shape index (κ1) is 15.7. The molecule has 118 valence electrons. The molecule has 22 heavy (non-hydrogen) atoms. The maximum Gasteiger partial charge on any atom is 0.365 e. The summed E-state index contributed by atoms with van der Waals surface area (Å²) in [6, 6.07) is 7.38. The molecule has 1 aromatic rings. The van der Waals surface area contributed by atoms with Crippen LogP contribution in [0.2, 0.25) is 0 Å². The molecule has 0 N–H and O–H groups in total. The Morgan fingerprint density at radius 3 is 2.64 bits per heavy atom. The van der Waals surface area contributed by atoms with Crippen molar-refractivity contribution in [3.05, 3.63) is 35.4 Å². The van der Waals surface area contributed by atoms with E-state index in [1.54, 1.807) is 12.1 Å². The molecule has 2 unspecified atom stereocenters. The molecule has 2 aliphatic carbocycles. The number of halogens is 1. The van der Waals surface area contributed by atoms with E-state index in [0.29, 0.717) is 11.5 Å². The van der Waals surface area contributed by atoms with Gasteiger partial charge in [0.25, 0.3) is 0 Å². The standard InChI is InChI=1S/C18H22BrNO2/c1-12-4-6-13(7-5-12)16(21)22-20-15-10-14-8-9-17(15,2)18(14,3)11-19/h4-7,14H,8-11H2,1-3H3/t14?,17?,18-/m0/s1. The molecule has 3 rings (SSSR count). The van der Waals surface area contributed by atoms with Crippen LogP contribution < -0.4 is 0 Å². The zero-order chi connectivity index (χ0) is 16.0. The molecule has 2 aliphatic rings. The number of carbonyl (C=O) groups excluding carboxylic acids is 1. The number of hydrogen-bond donors (Lipinski definition) is 0. The third-order valence-electron chi connectivity index (χ3n) is 6.03. The number of carbonyl (C=O) groups is 1. The van der Waals surface area contributed by atoms with E-state index in [1.165, 1.54) is 6.42 Å². The van der Waals surface area contributed by atoms with Gasteiger partial charge in [-0.2, -0.15) is 0 Å². The smallest absolute Gasteiger partial charge is 0.313 e. The normalized spacial score (nSPS) is 35.1. The highest BCUT2D eigenvalue weighted by Gasteiger charge is 2.62. The van der Waals surface area contributed by atoms with Crippen molar-refractivity contribution in [3.8, 4) is 0 Å². The lowest BCUT2D eigenvalue weighted by molar-refractivity contribution is 0.0508. The molecular weight excluding hydrogens is 342 g/mol. The zero-order valence-electron chi connectivity index (χ0n) is 13.4. The monoisotopic (exact) mass is 363 g/mol. The second-order valence-corrected chi connectivity index (χ2v) is 7.67. The van der Waals surface area contributed by atoms with Gasteiger partial charge in [-0.15, -0.1) is 0 Å². The minimum Gasteiger partial charge on any atom is -0.313 e. The molecule has 2 fully saturated rings. The van der Waals surface area contributed by atoms with Gasteiger partial charge in [0, 0.05) is 10.7 Å². The third-order valence-corrected chi connectivity index (χ3v) is 7.20. The summed E-state index contributed by atoms with van der Waals surface area (Å²) >= 11 is 3.68. The average molecular weight is 364 g/mol. The lowest BCUT2D eigenvalue weighted by Gasteiger charge is -2.36. The van der Waals surface area contributed by atoms with Gasteiger partial charge in [0.15, 0.2) is 0 Å². The maximum absolute atomic E-state index is 12.1. The summed E-state index contributed by atoms with van der Waals surface area (Å²) in [5.41, 5.74) is 2.96. The van der Waals surface area contributed by atoms with E-state index in [0.717, 1.165) is 29.4 Å². The number of aryl methyl sites for hydroxylation is 1. The van der Waals surface area contributed by atoms with Crippen LogP contribution in [0.1, 0.15) is 49.0 Å². The Morgan fingerprint density at radius 1 is 1.36 bits per heavy atom. The number of fused-ring (bicyclic) bond motifs is 2. The molecule has 0 radical (unpaired) electrons. The van der Waals surface area contributed by atoms with Gasteiger partial charge in [-0.25, -0.2) is 4.79 Å². The van der Waals surface area contributed by atoms with Crippen molar-refractivity contribution in [1.29, 1.82) is 0 Å². The summed E-state index contributed by atoms with van der Waals surface area (Å²) in [6.45, 7) is 6.58. The van der Waals surface area contributed by atoms with Crippen LogP contribution in [-0.4, -0.2) is 17.0 Å². The van der Waals surface area contributed by atoms with E-state index in [2.05, 4.69) is 34.9 Å². The SMILES string of the molecule is Cc1ccc(C(=O)ON=C2CC3CCC2(C)[C@@]3(C)CBr)cc1. The number of nitrogens with zero attached hydrogens (tertiary/aromatic N) is 1. The molecule has 0 heterocycles. The van der Waals surface area contributed by atoms with Gasteiger partial charge >= 0.3 is 5.97 Å². The van der Waals surface area contributed by atoms with Gasteiger partial charge in [0.1, 0.15) is 0 Å². The first-order valence-electron chi connectivity index (χ1n) is 7.82. The number of benzene rings is 1. The first-order chi connectivity index (χ1) is 10.4. The molecule has 2 bridgehead atoms. The highest BCUT2D eigenvalue weighted by Crippen LogP contribution is 2.64. The number of rotatable bonds is 3. The van der Waals surface area contributed by atoms with Crippen molar-refractivity contribution < 1.29 is 9.63 Å². The molecule has 3 nitrogen and oxygen atoms in total. The van der Waals surface area contributed by atoms with Crippen LogP contribution in [0, 0.1) is 23.7 Å². The van der Waals surface area contributed by atoms with E-state index >= 15 is 0 Å². The molecule has 0 aliphatic heterocycles.